The summed E-state index contributed by atoms with van der Waals surface area (Å²) in [5.74, 6) is 0.387. The largest absolute Gasteiger partial charge is 0.396 e. The van der Waals surface area contributed by atoms with Gasteiger partial charge < -0.3 is 15.3 Å². The Morgan fingerprint density at radius 3 is 2.50 bits per heavy atom. The smallest absolute Gasteiger partial charge is 0.317 e. The number of nitrogens with zero attached hydrogens (tertiary/aromatic N) is 1. The summed E-state index contributed by atoms with van der Waals surface area (Å²) in [6.07, 6.45) is 1.84. The van der Waals surface area contributed by atoms with Crippen molar-refractivity contribution >= 4 is 6.03 Å². The summed E-state index contributed by atoms with van der Waals surface area (Å²) in [6, 6.07) is 0.217. The summed E-state index contributed by atoms with van der Waals surface area (Å²) in [4.78, 5) is 13.4. The lowest BCUT2D eigenvalue weighted by Crippen LogP contribution is -2.46. The average Bonchev–Trinajstić information content (AvgIpc) is 2.17. The summed E-state index contributed by atoms with van der Waals surface area (Å²) >= 11 is 0. The molecule has 1 fully saturated rings. The predicted octanol–water partition coefficient (Wildman–Crippen LogP) is 0.809. The molecule has 1 aliphatic rings. The fourth-order valence-corrected chi connectivity index (χ4v) is 1.66. The molecule has 0 unspecified atom stereocenters. The number of rotatable bonds is 2. The summed E-state index contributed by atoms with van der Waals surface area (Å²) in [7, 11) is 0. The minimum atomic E-state index is 0.0244. The molecular weight excluding hydrogens is 180 g/mol. The number of carbonyl (C=O) groups excluding carboxylic acids is 1. The van der Waals surface area contributed by atoms with Crippen LogP contribution in [0.15, 0.2) is 0 Å². The lowest BCUT2D eigenvalue weighted by molar-refractivity contribution is 0.136. The fraction of sp³-hybridized carbons (Fsp3) is 0.900. The highest BCUT2D eigenvalue weighted by molar-refractivity contribution is 5.74. The van der Waals surface area contributed by atoms with Crippen LogP contribution in [0.4, 0.5) is 4.79 Å². The van der Waals surface area contributed by atoms with E-state index in [4.69, 9.17) is 5.11 Å². The molecule has 0 aromatic heterocycles. The zero-order valence-corrected chi connectivity index (χ0v) is 8.99. The Balaban J connectivity index is 2.30. The number of urea groups is 1. The number of piperidine rings is 1. The molecule has 14 heavy (non-hydrogen) atoms. The van der Waals surface area contributed by atoms with Crippen molar-refractivity contribution in [2.24, 2.45) is 5.92 Å². The Kier molecular flexibility index (Phi) is 4.20. The number of carbonyl (C=O) groups is 1. The first-order valence-electron chi connectivity index (χ1n) is 5.29. The number of aliphatic hydroxyl groups is 1. The molecule has 82 valence electrons. The van der Waals surface area contributed by atoms with E-state index in [-0.39, 0.29) is 18.7 Å². The molecule has 0 atom stereocenters. The summed E-state index contributed by atoms with van der Waals surface area (Å²) in [5, 5.41) is 11.8. The SMILES string of the molecule is CC(C)NC(=O)N1CCC(CO)CC1. The van der Waals surface area contributed by atoms with Crippen LogP contribution < -0.4 is 5.32 Å². The molecule has 1 saturated heterocycles. The normalized spacial score (nSPS) is 18.7. The number of likely N-dealkylation sites (tertiary alicyclic amines) is 1. The van der Waals surface area contributed by atoms with Crippen molar-refractivity contribution in [3.8, 4) is 0 Å². The molecule has 1 aliphatic heterocycles. The van der Waals surface area contributed by atoms with Crippen molar-refractivity contribution in [2.45, 2.75) is 32.7 Å². The topological polar surface area (TPSA) is 52.6 Å². The summed E-state index contributed by atoms with van der Waals surface area (Å²) in [5.41, 5.74) is 0. The Morgan fingerprint density at radius 2 is 2.07 bits per heavy atom. The Bertz CT molecular complexity index is 187. The van der Waals surface area contributed by atoms with Crippen LogP contribution in [-0.2, 0) is 0 Å². The highest BCUT2D eigenvalue weighted by Crippen LogP contribution is 2.16. The van der Waals surface area contributed by atoms with Crippen LogP contribution in [0.3, 0.4) is 0 Å². The molecule has 0 bridgehead atoms. The van der Waals surface area contributed by atoms with Crippen LogP contribution in [-0.4, -0.2) is 41.8 Å². The van der Waals surface area contributed by atoms with Gasteiger partial charge in [0, 0.05) is 25.7 Å². The standard InChI is InChI=1S/C10H20N2O2/c1-8(2)11-10(14)12-5-3-9(7-13)4-6-12/h8-9,13H,3-7H2,1-2H3,(H,11,14). The van der Waals surface area contributed by atoms with Gasteiger partial charge in [-0.05, 0) is 32.6 Å². The minimum absolute atomic E-state index is 0.0244. The van der Waals surface area contributed by atoms with Crippen molar-refractivity contribution in [1.82, 2.24) is 10.2 Å². The molecule has 4 heteroatoms. The number of nitrogens with one attached hydrogen (secondary N) is 1. The number of aliphatic hydroxyl groups excluding tert-OH is 1. The first-order chi connectivity index (χ1) is 6.63. The molecule has 0 aromatic carbocycles. The van der Waals surface area contributed by atoms with Gasteiger partial charge in [0.1, 0.15) is 0 Å². The maximum atomic E-state index is 11.6. The van der Waals surface area contributed by atoms with Gasteiger partial charge in [-0.3, -0.25) is 0 Å². The first-order valence-corrected chi connectivity index (χ1v) is 5.29. The van der Waals surface area contributed by atoms with Gasteiger partial charge >= 0.3 is 6.03 Å². The molecule has 0 radical (unpaired) electrons. The van der Waals surface area contributed by atoms with Gasteiger partial charge in [-0.1, -0.05) is 0 Å². The van der Waals surface area contributed by atoms with Crippen molar-refractivity contribution in [3.05, 3.63) is 0 Å². The van der Waals surface area contributed by atoms with Crippen LogP contribution in [0.25, 0.3) is 0 Å². The van der Waals surface area contributed by atoms with Gasteiger partial charge in [-0.15, -0.1) is 0 Å². The molecule has 4 nitrogen and oxygen atoms in total. The van der Waals surface area contributed by atoms with Crippen LogP contribution in [0.5, 0.6) is 0 Å². The van der Waals surface area contributed by atoms with Crippen molar-refractivity contribution in [1.29, 1.82) is 0 Å². The maximum absolute atomic E-state index is 11.6. The molecular formula is C10H20N2O2. The van der Waals surface area contributed by atoms with E-state index in [0.29, 0.717) is 5.92 Å². The third-order valence-electron chi connectivity index (χ3n) is 2.57. The first kappa shape index (κ1) is 11.3. The lowest BCUT2D eigenvalue weighted by Gasteiger charge is -2.31. The molecule has 0 aromatic rings. The van der Waals surface area contributed by atoms with Crippen LogP contribution >= 0.6 is 0 Å². The van der Waals surface area contributed by atoms with Crippen molar-refractivity contribution < 1.29 is 9.90 Å². The zero-order valence-electron chi connectivity index (χ0n) is 8.99. The van der Waals surface area contributed by atoms with Crippen LogP contribution in [0.1, 0.15) is 26.7 Å². The van der Waals surface area contributed by atoms with Gasteiger partial charge in [0.15, 0.2) is 0 Å². The van der Waals surface area contributed by atoms with E-state index in [9.17, 15) is 4.79 Å². The van der Waals surface area contributed by atoms with Crippen molar-refractivity contribution in [3.63, 3.8) is 0 Å². The van der Waals surface area contributed by atoms with E-state index in [1.807, 2.05) is 18.7 Å². The van der Waals surface area contributed by atoms with Crippen LogP contribution in [0.2, 0.25) is 0 Å². The van der Waals surface area contributed by atoms with E-state index in [1.165, 1.54) is 0 Å². The lowest BCUT2D eigenvalue weighted by atomic mass is 9.98. The molecule has 1 rings (SSSR count). The quantitative estimate of drug-likeness (QED) is 0.693. The number of hydrogen-bond donors (Lipinski definition) is 2. The van der Waals surface area contributed by atoms with Gasteiger partial charge in [0.25, 0.3) is 0 Å². The van der Waals surface area contributed by atoms with Gasteiger partial charge in [-0.2, -0.15) is 0 Å². The van der Waals surface area contributed by atoms with Crippen molar-refractivity contribution in [2.75, 3.05) is 19.7 Å². The van der Waals surface area contributed by atoms with E-state index < -0.39 is 0 Å². The number of amides is 2. The van der Waals surface area contributed by atoms with E-state index in [0.717, 1.165) is 25.9 Å². The minimum Gasteiger partial charge on any atom is -0.396 e. The second-order valence-electron chi connectivity index (χ2n) is 4.22. The molecule has 0 aliphatic carbocycles. The van der Waals surface area contributed by atoms with E-state index in [1.54, 1.807) is 0 Å². The van der Waals surface area contributed by atoms with Gasteiger partial charge in [-0.25, -0.2) is 4.79 Å². The monoisotopic (exact) mass is 200 g/mol. The van der Waals surface area contributed by atoms with Gasteiger partial charge in [0.05, 0.1) is 0 Å². The molecule has 0 saturated carbocycles. The zero-order chi connectivity index (χ0) is 10.6. The van der Waals surface area contributed by atoms with Gasteiger partial charge in [0.2, 0.25) is 0 Å². The summed E-state index contributed by atoms with van der Waals surface area (Å²) < 4.78 is 0. The maximum Gasteiger partial charge on any atom is 0.317 e. The van der Waals surface area contributed by atoms with E-state index in [2.05, 4.69) is 5.32 Å². The molecule has 2 N–H and O–H groups in total. The Hall–Kier alpha value is -0.770. The third kappa shape index (κ3) is 3.18. The van der Waals surface area contributed by atoms with Crippen LogP contribution in [0, 0.1) is 5.92 Å². The summed E-state index contributed by atoms with van der Waals surface area (Å²) in [6.45, 7) is 5.70. The molecule has 0 spiro atoms. The molecule has 2 amide bonds. The highest BCUT2D eigenvalue weighted by Gasteiger charge is 2.22. The second-order valence-corrected chi connectivity index (χ2v) is 4.22. The third-order valence-corrected chi connectivity index (χ3v) is 2.57. The number of hydrogen-bond acceptors (Lipinski definition) is 2. The Morgan fingerprint density at radius 1 is 1.50 bits per heavy atom. The predicted molar refractivity (Wildman–Crippen MR) is 55.1 cm³/mol. The fourth-order valence-electron chi connectivity index (χ4n) is 1.66. The van der Waals surface area contributed by atoms with E-state index >= 15 is 0 Å². The second kappa shape index (κ2) is 5.20. The average molecular weight is 200 g/mol. The Labute approximate surface area is 85.3 Å². The molecule has 1 heterocycles. The highest BCUT2D eigenvalue weighted by atomic mass is 16.3.